The van der Waals surface area contributed by atoms with E-state index in [0.29, 0.717) is 29.6 Å². The van der Waals surface area contributed by atoms with Crippen molar-refractivity contribution in [3.63, 3.8) is 0 Å². The molecule has 0 saturated carbocycles. The summed E-state index contributed by atoms with van der Waals surface area (Å²) in [5.41, 5.74) is 0. The third-order valence-corrected chi connectivity index (χ3v) is 7.11. The van der Waals surface area contributed by atoms with E-state index in [4.69, 9.17) is 0 Å². The Balaban J connectivity index is 2.48. The molecule has 1 fully saturated rings. The van der Waals surface area contributed by atoms with Crippen molar-refractivity contribution >= 4 is 40.3 Å². The first-order chi connectivity index (χ1) is 6.09. The number of hydrogen-bond acceptors (Lipinski definition) is 0. The monoisotopic (exact) mass is 208 g/mol. The third-order valence-electron chi connectivity index (χ3n) is 3.30. The minimum atomic E-state index is 0.422. The van der Waals surface area contributed by atoms with E-state index in [1.807, 2.05) is 0 Å². The molecular formula is C10H20Al2N+. The zero-order chi connectivity index (χ0) is 9.90. The van der Waals surface area contributed by atoms with Crippen molar-refractivity contribution < 1.29 is 4.48 Å². The molecule has 70 valence electrons. The van der Waals surface area contributed by atoms with Gasteiger partial charge in [0.1, 0.15) is 0 Å². The van der Waals surface area contributed by atoms with Crippen LogP contribution in [0.25, 0.3) is 0 Å². The second kappa shape index (κ2) is 5.02. The molecule has 1 nitrogen and oxygen atoms in total. The molecule has 0 N–H and O–H groups in total. The van der Waals surface area contributed by atoms with Gasteiger partial charge in [0.15, 0.2) is 0 Å². The molecule has 13 heavy (non-hydrogen) atoms. The normalized spacial score (nSPS) is 22.4. The van der Waals surface area contributed by atoms with Crippen molar-refractivity contribution in [2.24, 2.45) is 5.92 Å². The Kier molecular flexibility index (Phi) is 4.57. The molecule has 3 heteroatoms. The molecule has 0 radical (unpaired) electrons. The van der Waals surface area contributed by atoms with E-state index in [0.717, 1.165) is 9.56 Å². The summed E-state index contributed by atoms with van der Waals surface area (Å²) in [4.78, 5) is 0. The standard InChI is InChI=1S/C8H16N.2CH2.2Al/c1-8-4-6-9(2,3)7-5-8;;;;/h1,8H,4-7H2,2-3H3;2*1H2;;/q+1;;;;. The number of quaternary nitrogens is 1. The minimum absolute atomic E-state index is 0.422. The van der Waals surface area contributed by atoms with E-state index in [9.17, 15) is 0 Å². The molecule has 0 aromatic rings. The average Bonchev–Trinajstić information content (AvgIpc) is 2.09. The fraction of sp³-hybridized carbons (Fsp3) is 0.800. The van der Waals surface area contributed by atoms with Crippen LogP contribution in [0.3, 0.4) is 0 Å². The van der Waals surface area contributed by atoms with Crippen LogP contribution in [0.2, 0.25) is 3.64 Å². The van der Waals surface area contributed by atoms with Gasteiger partial charge < -0.3 is 0 Å². The van der Waals surface area contributed by atoms with E-state index >= 15 is 0 Å². The van der Waals surface area contributed by atoms with Crippen LogP contribution < -0.4 is 0 Å². The average molecular weight is 208 g/mol. The summed E-state index contributed by atoms with van der Waals surface area (Å²) in [6.07, 6.45) is 2.84. The number of likely N-dealkylation sites (tertiary alicyclic amines) is 1. The van der Waals surface area contributed by atoms with Gasteiger partial charge in [-0.25, -0.2) is 0 Å². The molecule has 0 amide bonds. The maximum atomic E-state index is 4.13. The van der Waals surface area contributed by atoms with Gasteiger partial charge in [-0.2, -0.15) is 0 Å². The SMILES string of the molecule is [CH2]=[Al][CH]([Al]=[CH2])C1CC[N+](C)(C)CC1. The zero-order valence-corrected chi connectivity index (χ0v) is 11.3. The van der Waals surface area contributed by atoms with Crippen LogP contribution in [0.1, 0.15) is 12.8 Å². The molecule has 0 atom stereocenters. The van der Waals surface area contributed by atoms with E-state index in [1.165, 1.54) is 30.4 Å². The van der Waals surface area contributed by atoms with Crippen molar-refractivity contribution in [2.75, 3.05) is 27.2 Å². The molecule has 0 bridgehead atoms. The number of nitrogens with zero attached hydrogens (tertiary/aromatic N) is 1. The Morgan fingerprint density at radius 2 is 1.62 bits per heavy atom. The summed E-state index contributed by atoms with van der Waals surface area (Å²) in [6.45, 7) is 2.72. The van der Waals surface area contributed by atoms with Crippen LogP contribution in [0.15, 0.2) is 0 Å². The van der Waals surface area contributed by atoms with E-state index in [-0.39, 0.29) is 0 Å². The van der Waals surface area contributed by atoms with Crippen molar-refractivity contribution in [1.29, 1.82) is 0 Å². The topological polar surface area (TPSA) is 0 Å². The molecule has 1 saturated heterocycles. The summed E-state index contributed by atoms with van der Waals surface area (Å²) < 4.78 is 2.17. The zero-order valence-electron chi connectivity index (χ0n) is 9.00. The summed E-state index contributed by atoms with van der Waals surface area (Å²) in [6, 6.07) is 0. The van der Waals surface area contributed by atoms with Crippen molar-refractivity contribution in [3.8, 4) is 0 Å². The van der Waals surface area contributed by atoms with Gasteiger partial charge in [-0.05, 0) is 0 Å². The Labute approximate surface area is 94.2 Å². The van der Waals surface area contributed by atoms with Gasteiger partial charge in [-0.1, -0.05) is 0 Å². The molecule has 0 unspecified atom stereocenters. The summed E-state index contributed by atoms with van der Waals surface area (Å²) in [5.74, 6) is 0.978. The predicted molar refractivity (Wildman–Crippen MR) is 64.1 cm³/mol. The quantitative estimate of drug-likeness (QED) is 0.468. The van der Waals surface area contributed by atoms with Crippen molar-refractivity contribution in [3.05, 3.63) is 0 Å². The summed E-state index contributed by atoms with van der Waals surface area (Å²) >= 11 is 0.844. The summed E-state index contributed by atoms with van der Waals surface area (Å²) in [5, 5.41) is 8.25. The first-order valence-corrected chi connectivity index (χ1v) is 8.13. The van der Waals surface area contributed by atoms with Crippen LogP contribution in [-0.4, -0.2) is 72.0 Å². The molecule has 0 aromatic carbocycles. The predicted octanol–water partition coefficient (Wildman–Crippen LogP) is 0.491. The molecule has 0 aliphatic carbocycles. The number of piperidine rings is 1. The maximum absolute atomic E-state index is 4.13. The van der Waals surface area contributed by atoms with Crippen LogP contribution >= 0.6 is 0 Å². The van der Waals surface area contributed by atoms with Gasteiger partial charge in [0, 0.05) is 0 Å². The molecule has 0 spiro atoms. The molecule has 1 aliphatic rings. The molecule has 1 aliphatic heterocycles. The summed E-state index contributed by atoms with van der Waals surface area (Å²) in [7, 11) is 4.69. The van der Waals surface area contributed by atoms with E-state index in [1.54, 1.807) is 0 Å². The fourth-order valence-corrected chi connectivity index (χ4v) is 4.46. The van der Waals surface area contributed by atoms with Gasteiger partial charge in [-0.15, -0.1) is 0 Å². The second-order valence-corrected chi connectivity index (χ2v) is 8.02. The van der Waals surface area contributed by atoms with E-state index in [2.05, 4.69) is 24.9 Å². The fourth-order valence-electron chi connectivity index (χ4n) is 2.15. The second-order valence-electron chi connectivity index (χ2n) is 4.77. The molecule has 0 aromatic heterocycles. The Morgan fingerprint density at radius 1 is 1.15 bits per heavy atom. The number of hydrogen-bond donors (Lipinski definition) is 0. The molecule has 1 heterocycles. The van der Waals surface area contributed by atoms with Crippen LogP contribution in [0.5, 0.6) is 0 Å². The van der Waals surface area contributed by atoms with Gasteiger partial charge in [-0.3, -0.25) is 0 Å². The Morgan fingerprint density at radius 3 is 2.00 bits per heavy atom. The third kappa shape index (κ3) is 3.43. The first kappa shape index (κ1) is 11.8. The van der Waals surface area contributed by atoms with Gasteiger partial charge >= 0.3 is 94.4 Å². The Hall–Kier alpha value is 0.765. The molecule has 1 rings (SSSR count). The van der Waals surface area contributed by atoms with Gasteiger partial charge in [0.2, 0.25) is 0 Å². The van der Waals surface area contributed by atoms with E-state index < -0.39 is 0 Å². The van der Waals surface area contributed by atoms with Crippen LogP contribution in [0, 0.1) is 5.92 Å². The van der Waals surface area contributed by atoms with Gasteiger partial charge in [0.25, 0.3) is 0 Å². The van der Waals surface area contributed by atoms with Gasteiger partial charge in [0.05, 0.1) is 0 Å². The first-order valence-electron chi connectivity index (χ1n) is 5.16. The molecular weight excluding hydrogens is 188 g/mol. The van der Waals surface area contributed by atoms with Crippen LogP contribution in [0.4, 0.5) is 0 Å². The van der Waals surface area contributed by atoms with Crippen LogP contribution in [-0.2, 0) is 0 Å². The Bertz CT molecular complexity index is 183. The number of rotatable bonds is 3. The van der Waals surface area contributed by atoms with Crippen molar-refractivity contribution in [1.82, 2.24) is 0 Å². The van der Waals surface area contributed by atoms with Crippen molar-refractivity contribution in [2.45, 2.75) is 16.5 Å².